The van der Waals surface area contributed by atoms with Crippen LogP contribution in [0.2, 0.25) is 0 Å². The minimum Gasteiger partial charge on any atom is -0.354 e. The van der Waals surface area contributed by atoms with Crippen LogP contribution in [0.5, 0.6) is 0 Å². The number of carbonyl (C=O) groups excluding carboxylic acids is 8. The molecule has 2 aliphatic heterocycles. The first kappa shape index (κ1) is 49.1. The van der Waals surface area contributed by atoms with Crippen LogP contribution in [0.15, 0.2) is 72.9 Å². The highest BCUT2D eigenvalue weighted by Gasteiger charge is 2.39. The van der Waals surface area contributed by atoms with Crippen LogP contribution in [-0.4, -0.2) is 120 Å². The van der Waals surface area contributed by atoms with Gasteiger partial charge in [-0.05, 0) is 113 Å². The molecule has 8 amide bonds. The number of allylic oxidation sites excluding steroid dienone is 8. The van der Waals surface area contributed by atoms with Gasteiger partial charge in [-0.3, -0.25) is 48.2 Å². The van der Waals surface area contributed by atoms with E-state index in [1.165, 1.54) is 24.3 Å². The Bertz CT molecular complexity index is 2070. The molecule has 18 heteroatoms. The molecule has 6 rings (SSSR count). The maximum absolute atomic E-state index is 13.9. The molecule has 0 spiro atoms. The number of carbonyl (C=O) groups is 8. The van der Waals surface area contributed by atoms with Gasteiger partial charge in [0, 0.05) is 59.2 Å². The lowest BCUT2D eigenvalue weighted by Crippen LogP contribution is -2.52. The first-order valence-electron chi connectivity index (χ1n) is 22.9. The van der Waals surface area contributed by atoms with E-state index in [0.717, 1.165) is 9.80 Å². The van der Waals surface area contributed by atoms with E-state index in [1.807, 2.05) is 48.6 Å². The molecule has 2 aromatic carbocycles. The van der Waals surface area contributed by atoms with Crippen molar-refractivity contribution in [2.45, 2.75) is 88.4 Å². The van der Waals surface area contributed by atoms with Crippen molar-refractivity contribution in [3.63, 3.8) is 0 Å². The Morgan fingerprint density at radius 1 is 0.500 bits per heavy atom. The van der Waals surface area contributed by atoms with Crippen LogP contribution in [-0.2, 0) is 19.2 Å². The van der Waals surface area contributed by atoms with Gasteiger partial charge in [-0.2, -0.15) is 0 Å². The van der Waals surface area contributed by atoms with E-state index in [4.69, 9.17) is 22.9 Å². The number of hydrogen-bond acceptors (Lipinski definition) is 12. The fraction of sp³-hybridized carbons (Fsp3) is 0.458. The zero-order chi connectivity index (χ0) is 47.3. The van der Waals surface area contributed by atoms with Gasteiger partial charge in [0.1, 0.15) is 12.1 Å². The molecule has 0 aromatic heterocycles. The molecular formula is C48H62N10O8. The summed E-state index contributed by atoms with van der Waals surface area (Å²) in [4.78, 5) is 110. The molecule has 0 saturated carbocycles. The van der Waals surface area contributed by atoms with Crippen LogP contribution >= 0.6 is 0 Å². The molecule has 352 valence electrons. The summed E-state index contributed by atoms with van der Waals surface area (Å²) < 4.78 is 0. The molecule has 2 heterocycles. The zero-order valence-corrected chi connectivity index (χ0v) is 37.2. The molecule has 4 aliphatic rings. The molecule has 0 bridgehead atoms. The molecule has 18 nitrogen and oxygen atoms in total. The predicted molar refractivity (Wildman–Crippen MR) is 248 cm³/mol. The van der Waals surface area contributed by atoms with Gasteiger partial charge in [-0.15, -0.1) is 0 Å². The van der Waals surface area contributed by atoms with E-state index in [2.05, 4.69) is 21.3 Å². The van der Waals surface area contributed by atoms with Gasteiger partial charge in [-0.1, -0.05) is 48.6 Å². The molecule has 66 heavy (non-hydrogen) atoms. The first-order valence-corrected chi connectivity index (χ1v) is 22.9. The van der Waals surface area contributed by atoms with E-state index < -0.39 is 71.4 Å². The SMILES string of the molecule is NCCCCC(NC(=O)C(N)CC1C=CC=C1)C(=O)NCCCN1C(=O)c2ccc3c4c(ccc(c24)C1=O)C(=O)N(CCCNC(=O)C(CCCCN)NC(=O)C(N)CC1C=CC=C1)C3=O. The Kier molecular flexibility index (Phi) is 17.3. The van der Waals surface area contributed by atoms with Gasteiger partial charge in [0.2, 0.25) is 23.6 Å². The highest BCUT2D eigenvalue weighted by atomic mass is 16.2. The van der Waals surface area contributed by atoms with E-state index in [9.17, 15) is 38.4 Å². The summed E-state index contributed by atoms with van der Waals surface area (Å²) in [5, 5.41) is 11.6. The molecule has 12 N–H and O–H groups in total. The first-order chi connectivity index (χ1) is 31.8. The van der Waals surface area contributed by atoms with Crippen molar-refractivity contribution in [3.8, 4) is 0 Å². The monoisotopic (exact) mass is 906 g/mol. The van der Waals surface area contributed by atoms with Crippen molar-refractivity contribution in [2.75, 3.05) is 39.3 Å². The van der Waals surface area contributed by atoms with Gasteiger partial charge >= 0.3 is 0 Å². The minimum absolute atomic E-state index is 0.0353. The number of amides is 8. The van der Waals surface area contributed by atoms with Gasteiger partial charge in [0.25, 0.3) is 23.6 Å². The lowest BCUT2D eigenvalue weighted by Gasteiger charge is -2.32. The molecule has 0 fully saturated rings. The Morgan fingerprint density at radius 3 is 1.15 bits per heavy atom. The maximum atomic E-state index is 13.9. The normalized spacial score (nSPS) is 17.2. The maximum Gasteiger partial charge on any atom is 0.261 e. The highest BCUT2D eigenvalue weighted by molar-refractivity contribution is 6.33. The van der Waals surface area contributed by atoms with Gasteiger partial charge in [0.05, 0.1) is 12.1 Å². The van der Waals surface area contributed by atoms with Crippen LogP contribution < -0.4 is 44.2 Å². The smallest absolute Gasteiger partial charge is 0.261 e. The second-order valence-corrected chi connectivity index (χ2v) is 17.1. The Balaban J connectivity index is 1.03. The third kappa shape index (κ3) is 11.7. The number of benzene rings is 2. The largest absolute Gasteiger partial charge is 0.354 e. The van der Waals surface area contributed by atoms with Crippen molar-refractivity contribution >= 4 is 58.0 Å². The van der Waals surface area contributed by atoms with Crippen molar-refractivity contribution < 1.29 is 38.4 Å². The van der Waals surface area contributed by atoms with E-state index in [0.29, 0.717) is 64.5 Å². The van der Waals surface area contributed by atoms with Crippen LogP contribution in [0.4, 0.5) is 0 Å². The average Bonchev–Trinajstić information content (AvgIpc) is 4.03. The molecule has 2 aliphatic carbocycles. The number of nitrogens with two attached hydrogens (primary N) is 4. The molecule has 4 atom stereocenters. The summed E-state index contributed by atoms with van der Waals surface area (Å²) in [6, 6.07) is 2.59. The summed E-state index contributed by atoms with van der Waals surface area (Å²) in [5.41, 5.74) is 24.3. The summed E-state index contributed by atoms with van der Waals surface area (Å²) in [6.07, 6.45) is 19.8. The number of imide groups is 2. The van der Waals surface area contributed by atoms with Crippen LogP contribution in [0.1, 0.15) is 106 Å². The van der Waals surface area contributed by atoms with Crippen LogP contribution in [0.25, 0.3) is 10.8 Å². The van der Waals surface area contributed by atoms with E-state index in [1.54, 1.807) is 0 Å². The predicted octanol–water partition coefficient (Wildman–Crippen LogP) is 1.19. The van der Waals surface area contributed by atoms with Gasteiger partial charge in [-0.25, -0.2) is 0 Å². The molecule has 0 radical (unpaired) electrons. The van der Waals surface area contributed by atoms with Crippen molar-refractivity contribution in [1.82, 2.24) is 31.1 Å². The minimum atomic E-state index is -0.848. The summed E-state index contributed by atoms with van der Waals surface area (Å²) >= 11 is 0. The topological polar surface area (TPSA) is 295 Å². The standard InChI is InChI=1S/C48H62N10O8/c49-21-7-5-15-37(55-41(59)35(51)27-29-11-1-2-12-29)43(61)53-23-9-25-57-45(63)31-17-19-33-40-34(20-18-32(39(31)40)46(57)64)48(66)58(47(33)65)26-10-24-54-44(62)38(16-6-8-22-50)56-42(60)36(52)28-30-13-3-4-14-30/h1-4,11-14,17-20,29-30,35-38H,5-10,15-16,21-28,49-52H2,(H,53,61)(H,54,62)(H,55,59)(H,56,60). The average molecular weight is 907 g/mol. The number of nitrogens with one attached hydrogen (secondary N) is 4. The van der Waals surface area contributed by atoms with E-state index in [-0.39, 0.29) is 83.9 Å². The summed E-state index contributed by atoms with van der Waals surface area (Å²) in [7, 11) is 0. The van der Waals surface area contributed by atoms with E-state index >= 15 is 0 Å². The Morgan fingerprint density at radius 2 is 0.833 bits per heavy atom. The van der Waals surface area contributed by atoms with Crippen molar-refractivity contribution in [3.05, 3.63) is 95.1 Å². The quantitative estimate of drug-likeness (QED) is 0.0488. The Labute approximate surface area is 384 Å². The number of nitrogens with zero attached hydrogens (tertiary/aromatic N) is 2. The van der Waals surface area contributed by atoms with Crippen molar-refractivity contribution in [1.29, 1.82) is 0 Å². The number of unbranched alkanes of at least 4 members (excludes halogenated alkanes) is 2. The highest BCUT2D eigenvalue weighted by Crippen LogP contribution is 2.38. The van der Waals surface area contributed by atoms with Crippen molar-refractivity contribution in [2.24, 2.45) is 34.8 Å². The second kappa shape index (κ2) is 23.2. The fourth-order valence-corrected chi connectivity index (χ4v) is 8.68. The molecule has 4 unspecified atom stereocenters. The fourth-order valence-electron chi connectivity index (χ4n) is 8.68. The second-order valence-electron chi connectivity index (χ2n) is 17.1. The summed E-state index contributed by atoms with van der Waals surface area (Å²) in [5.74, 6) is -4.03. The van der Waals surface area contributed by atoms with Gasteiger partial charge in [0.15, 0.2) is 0 Å². The van der Waals surface area contributed by atoms with Gasteiger partial charge < -0.3 is 44.2 Å². The lowest BCUT2D eigenvalue weighted by atomic mass is 9.86. The van der Waals surface area contributed by atoms with Crippen LogP contribution in [0, 0.1) is 11.8 Å². The van der Waals surface area contributed by atoms with Crippen LogP contribution in [0.3, 0.4) is 0 Å². The molecule has 0 saturated heterocycles. The lowest BCUT2D eigenvalue weighted by molar-refractivity contribution is -0.130. The zero-order valence-electron chi connectivity index (χ0n) is 37.2. The molecule has 2 aromatic rings. The number of hydrogen-bond donors (Lipinski definition) is 8. The number of rotatable bonds is 26. The third-order valence-corrected chi connectivity index (χ3v) is 12.3. The third-order valence-electron chi connectivity index (χ3n) is 12.3. The summed E-state index contributed by atoms with van der Waals surface area (Å²) in [6.45, 7) is 0.998. The molecular weight excluding hydrogens is 845 g/mol. The Hall–Kier alpha value is -6.34.